The normalized spacial score (nSPS) is 31.6. The molecular formula is C14H22N2O5. The molecule has 118 valence electrons. The van der Waals surface area contributed by atoms with Gasteiger partial charge in [-0.1, -0.05) is 6.92 Å². The number of fused-ring (bicyclic) bond motifs is 1. The lowest BCUT2D eigenvalue weighted by Crippen LogP contribution is -2.60. The first-order chi connectivity index (χ1) is 9.99. The van der Waals surface area contributed by atoms with Gasteiger partial charge >= 0.3 is 12.1 Å². The number of amides is 2. The van der Waals surface area contributed by atoms with E-state index < -0.39 is 18.2 Å². The van der Waals surface area contributed by atoms with Gasteiger partial charge in [0, 0.05) is 6.04 Å². The van der Waals surface area contributed by atoms with E-state index in [4.69, 9.17) is 4.74 Å². The molecule has 21 heavy (non-hydrogen) atoms. The van der Waals surface area contributed by atoms with E-state index in [0.717, 1.165) is 12.8 Å². The summed E-state index contributed by atoms with van der Waals surface area (Å²) < 4.78 is 9.60. The number of hydrogen-bond acceptors (Lipinski definition) is 5. The molecule has 2 rings (SSSR count). The summed E-state index contributed by atoms with van der Waals surface area (Å²) >= 11 is 0. The van der Waals surface area contributed by atoms with Crippen LogP contribution in [0.3, 0.4) is 0 Å². The van der Waals surface area contributed by atoms with Gasteiger partial charge in [-0.25, -0.2) is 9.59 Å². The van der Waals surface area contributed by atoms with Crippen LogP contribution in [0.5, 0.6) is 0 Å². The number of piperidine rings is 1. The van der Waals surface area contributed by atoms with Crippen LogP contribution in [0.25, 0.3) is 0 Å². The van der Waals surface area contributed by atoms with Crippen molar-refractivity contribution in [3.8, 4) is 0 Å². The molecule has 0 aromatic rings. The molecule has 0 aliphatic carbocycles. The fourth-order valence-corrected chi connectivity index (χ4v) is 3.28. The van der Waals surface area contributed by atoms with Gasteiger partial charge in [-0.2, -0.15) is 0 Å². The Labute approximate surface area is 123 Å². The number of carbonyl (C=O) groups is 3. The smallest absolute Gasteiger partial charge is 0.407 e. The average molecular weight is 298 g/mol. The largest absolute Gasteiger partial charge is 0.464 e. The van der Waals surface area contributed by atoms with Crippen molar-refractivity contribution in [1.29, 1.82) is 0 Å². The van der Waals surface area contributed by atoms with Crippen LogP contribution >= 0.6 is 0 Å². The Balaban J connectivity index is 2.14. The highest BCUT2D eigenvalue weighted by atomic mass is 16.5. The second kappa shape index (κ2) is 6.32. The van der Waals surface area contributed by atoms with Crippen molar-refractivity contribution in [2.75, 3.05) is 13.7 Å². The van der Waals surface area contributed by atoms with Crippen molar-refractivity contribution in [2.24, 2.45) is 5.92 Å². The molecule has 4 atom stereocenters. The number of carbonyl (C=O) groups excluding carboxylic acids is 3. The van der Waals surface area contributed by atoms with E-state index in [-0.39, 0.29) is 23.8 Å². The fourth-order valence-electron chi connectivity index (χ4n) is 3.28. The second-order valence-corrected chi connectivity index (χ2v) is 5.57. The molecule has 0 radical (unpaired) electrons. The quantitative estimate of drug-likeness (QED) is 0.774. The molecule has 2 saturated heterocycles. The van der Waals surface area contributed by atoms with Crippen LogP contribution in [0.15, 0.2) is 0 Å². The molecule has 7 heteroatoms. The zero-order valence-electron chi connectivity index (χ0n) is 12.6. The van der Waals surface area contributed by atoms with Gasteiger partial charge in [0.15, 0.2) is 0 Å². The maximum atomic E-state index is 12.6. The van der Waals surface area contributed by atoms with Gasteiger partial charge < -0.3 is 19.7 Å². The minimum absolute atomic E-state index is 0.0128. The molecule has 0 saturated carbocycles. The number of esters is 1. The zero-order chi connectivity index (χ0) is 15.6. The third-order valence-corrected chi connectivity index (χ3v) is 4.25. The Kier molecular flexibility index (Phi) is 4.69. The van der Waals surface area contributed by atoms with Crippen molar-refractivity contribution >= 4 is 18.0 Å². The number of ether oxygens (including phenoxy) is 2. The van der Waals surface area contributed by atoms with Gasteiger partial charge in [0.2, 0.25) is 5.91 Å². The SMILES string of the molecule is CCOC(=O)[C@@H]1CC[C@@H]2CC(C)[C@H](NC(=O)OC)C(=O)N21. The lowest BCUT2D eigenvalue weighted by atomic mass is 9.88. The van der Waals surface area contributed by atoms with Crippen LogP contribution < -0.4 is 5.32 Å². The molecule has 1 unspecified atom stereocenters. The number of nitrogens with zero attached hydrogens (tertiary/aromatic N) is 1. The summed E-state index contributed by atoms with van der Waals surface area (Å²) in [4.78, 5) is 37.6. The van der Waals surface area contributed by atoms with Crippen molar-refractivity contribution in [2.45, 2.75) is 51.2 Å². The summed E-state index contributed by atoms with van der Waals surface area (Å²) in [5.41, 5.74) is 0. The Bertz CT molecular complexity index is 439. The molecule has 0 aromatic heterocycles. The summed E-state index contributed by atoms with van der Waals surface area (Å²) in [6.07, 6.45) is 1.54. The van der Waals surface area contributed by atoms with Crippen LogP contribution in [-0.4, -0.2) is 54.7 Å². The predicted molar refractivity (Wildman–Crippen MR) is 73.4 cm³/mol. The van der Waals surface area contributed by atoms with Gasteiger partial charge in [-0.05, 0) is 32.1 Å². The van der Waals surface area contributed by atoms with E-state index in [0.29, 0.717) is 13.0 Å². The molecule has 2 fully saturated rings. The first-order valence-corrected chi connectivity index (χ1v) is 7.32. The third-order valence-electron chi connectivity index (χ3n) is 4.25. The van der Waals surface area contributed by atoms with E-state index >= 15 is 0 Å². The zero-order valence-corrected chi connectivity index (χ0v) is 12.6. The Hall–Kier alpha value is -1.79. The second-order valence-electron chi connectivity index (χ2n) is 5.57. The van der Waals surface area contributed by atoms with Gasteiger partial charge in [0.1, 0.15) is 12.1 Å². The van der Waals surface area contributed by atoms with Gasteiger partial charge in [-0.15, -0.1) is 0 Å². The number of methoxy groups -OCH3 is 1. The highest BCUT2D eigenvalue weighted by Gasteiger charge is 2.49. The topological polar surface area (TPSA) is 84.9 Å². The Morgan fingerprint density at radius 3 is 2.71 bits per heavy atom. The first kappa shape index (κ1) is 15.6. The standard InChI is InChI=1S/C14H22N2O5/c1-4-21-13(18)10-6-5-9-7-8(2)11(12(17)16(9)10)15-14(19)20-3/h8-11H,4-7H2,1-3H3,(H,15,19)/t8?,9-,10+,11+/m1/s1. The summed E-state index contributed by atoms with van der Waals surface area (Å²) in [5.74, 6) is -0.571. The Morgan fingerprint density at radius 2 is 2.10 bits per heavy atom. The number of rotatable bonds is 3. The van der Waals surface area contributed by atoms with Crippen molar-refractivity contribution < 1.29 is 23.9 Å². The maximum absolute atomic E-state index is 12.6. The highest BCUT2D eigenvalue weighted by Crippen LogP contribution is 2.35. The maximum Gasteiger partial charge on any atom is 0.407 e. The van der Waals surface area contributed by atoms with Crippen molar-refractivity contribution in [3.63, 3.8) is 0 Å². The molecule has 2 heterocycles. The van der Waals surface area contributed by atoms with E-state index in [9.17, 15) is 14.4 Å². The lowest BCUT2D eigenvalue weighted by Gasteiger charge is -2.40. The number of alkyl carbamates (subject to hydrolysis) is 1. The van der Waals surface area contributed by atoms with Gasteiger partial charge in [0.25, 0.3) is 0 Å². The molecular weight excluding hydrogens is 276 g/mol. The van der Waals surface area contributed by atoms with Crippen LogP contribution in [0.2, 0.25) is 0 Å². The summed E-state index contributed by atoms with van der Waals surface area (Å²) in [6, 6.07) is -1.13. The first-order valence-electron chi connectivity index (χ1n) is 7.32. The summed E-state index contributed by atoms with van der Waals surface area (Å²) in [6.45, 7) is 3.96. The van der Waals surface area contributed by atoms with E-state index in [1.807, 2.05) is 6.92 Å². The van der Waals surface area contributed by atoms with Crippen LogP contribution in [-0.2, 0) is 19.1 Å². The molecule has 7 nitrogen and oxygen atoms in total. The monoisotopic (exact) mass is 298 g/mol. The summed E-state index contributed by atoms with van der Waals surface area (Å²) in [5, 5.41) is 2.57. The minimum atomic E-state index is -0.649. The third kappa shape index (κ3) is 2.96. The number of hydrogen-bond donors (Lipinski definition) is 1. The van der Waals surface area contributed by atoms with Crippen LogP contribution in [0.4, 0.5) is 4.79 Å². The molecule has 2 aliphatic heterocycles. The van der Waals surface area contributed by atoms with Crippen molar-refractivity contribution in [3.05, 3.63) is 0 Å². The van der Waals surface area contributed by atoms with E-state index in [1.54, 1.807) is 11.8 Å². The molecule has 1 N–H and O–H groups in total. The Morgan fingerprint density at radius 1 is 1.38 bits per heavy atom. The molecule has 0 aromatic carbocycles. The highest BCUT2D eigenvalue weighted by molar-refractivity contribution is 5.91. The fraction of sp³-hybridized carbons (Fsp3) is 0.786. The van der Waals surface area contributed by atoms with Gasteiger partial charge in [-0.3, -0.25) is 4.79 Å². The van der Waals surface area contributed by atoms with Crippen molar-refractivity contribution in [1.82, 2.24) is 10.2 Å². The minimum Gasteiger partial charge on any atom is -0.464 e. The van der Waals surface area contributed by atoms with Gasteiger partial charge in [0.05, 0.1) is 13.7 Å². The van der Waals surface area contributed by atoms with Crippen LogP contribution in [0.1, 0.15) is 33.1 Å². The molecule has 2 aliphatic rings. The lowest BCUT2D eigenvalue weighted by molar-refractivity contribution is -0.157. The van der Waals surface area contributed by atoms with E-state index in [1.165, 1.54) is 7.11 Å². The average Bonchev–Trinajstić information content (AvgIpc) is 2.87. The number of nitrogens with one attached hydrogen (secondary N) is 1. The molecule has 2 amide bonds. The van der Waals surface area contributed by atoms with Crippen LogP contribution in [0, 0.1) is 5.92 Å². The molecule has 0 spiro atoms. The van der Waals surface area contributed by atoms with E-state index in [2.05, 4.69) is 10.1 Å². The molecule has 0 bridgehead atoms. The predicted octanol–water partition coefficient (Wildman–Crippen LogP) is 0.673. The summed E-state index contributed by atoms with van der Waals surface area (Å²) in [7, 11) is 1.26.